The Labute approximate surface area is 115 Å². The van der Waals surface area contributed by atoms with E-state index in [-0.39, 0.29) is 10.8 Å². The van der Waals surface area contributed by atoms with E-state index < -0.39 is 0 Å². The minimum atomic E-state index is -0.208. The minimum absolute atomic E-state index is 0.208. The summed E-state index contributed by atoms with van der Waals surface area (Å²) >= 11 is 11.9. The summed E-state index contributed by atoms with van der Waals surface area (Å²) in [5, 5.41) is 3.49. The number of rotatable bonds is 3. The lowest BCUT2D eigenvalue weighted by molar-refractivity contribution is 0.103. The van der Waals surface area contributed by atoms with Gasteiger partial charge in [0.05, 0.1) is 15.6 Å². The van der Waals surface area contributed by atoms with Gasteiger partial charge in [0.15, 0.2) is 5.78 Å². The lowest BCUT2D eigenvalue weighted by atomic mass is 10.0. The molecule has 1 aromatic heterocycles. The molecule has 0 atom stereocenters. The molecular weight excluding hydrogens is 271 g/mol. The molecule has 0 amide bonds. The zero-order valence-electron chi connectivity index (χ0n) is 9.58. The summed E-state index contributed by atoms with van der Waals surface area (Å²) in [6.07, 6.45) is 1.61. The van der Waals surface area contributed by atoms with Crippen LogP contribution in [0.5, 0.6) is 0 Å². The van der Waals surface area contributed by atoms with E-state index in [2.05, 4.69) is 10.3 Å². The summed E-state index contributed by atoms with van der Waals surface area (Å²) in [6.45, 7) is 0. The van der Waals surface area contributed by atoms with Gasteiger partial charge in [-0.25, -0.2) is 4.98 Å². The van der Waals surface area contributed by atoms with E-state index in [4.69, 9.17) is 23.2 Å². The summed E-state index contributed by atoms with van der Waals surface area (Å²) in [6, 6.07) is 8.37. The van der Waals surface area contributed by atoms with Crippen molar-refractivity contribution in [1.29, 1.82) is 0 Å². The predicted molar refractivity (Wildman–Crippen MR) is 73.7 cm³/mol. The number of anilines is 1. The Balaban J connectivity index is 2.52. The molecule has 0 fully saturated rings. The molecule has 18 heavy (non-hydrogen) atoms. The van der Waals surface area contributed by atoms with Gasteiger partial charge >= 0.3 is 0 Å². The van der Waals surface area contributed by atoms with Crippen LogP contribution in [0.3, 0.4) is 0 Å². The van der Waals surface area contributed by atoms with Crippen LogP contribution in [-0.4, -0.2) is 17.8 Å². The first-order chi connectivity index (χ1) is 8.65. The zero-order chi connectivity index (χ0) is 13.1. The van der Waals surface area contributed by atoms with Crippen LogP contribution in [-0.2, 0) is 0 Å². The van der Waals surface area contributed by atoms with Gasteiger partial charge < -0.3 is 5.32 Å². The van der Waals surface area contributed by atoms with E-state index in [1.807, 2.05) is 0 Å². The van der Waals surface area contributed by atoms with E-state index in [9.17, 15) is 4.79 Å². The van der Waals surface area contributed by atoms with Gasteiger partial charge in [0, 0.05) is 18.8 Å². The van der Waals surface area contributed by atoms with Crippen molar-refractivity contribution in [2.24, 2.45) is 0 Å². The summed E-state index contributed by atoms with van der Waals surface area (Å²) in [5.74, 6) is 0.304. The van der Waals surface area contributed by atoms with Gasteiger partial charge in [-0.3, -0.25) is 4.79 Å². The van der Waals surface area contributed by atoms with Crippen LogP contribution in [0.2, 0.25) is 10.0 Å². The van der Waals surface area contributed by atoms with Crippen LogP contribution in [0.4, 0.5) is 5.82 Å². The van der Waals surface area contributed by atoms with Crippen molar-refractivity contribution in [2.75, 3.05) is 12.4 Å². The molecule has 5 heteroatoms. The number of halogens is 2. The zero-order valence-corrected chi connectivity index (χ0v) is 11.1. The molecule has 0 bridgehead atoms. The van der Waals surface area contributed by atoms with Crippen molar-refractivity contribution in [1.82, 2.24) is 4.98 Å². The van der Waals surface area contributed by atoms with Crippen molar-refractivity contribution in [3.05, 3.63) is 57.7 Å². The second kappa shape index (κ2) is 5.38. The minimum Gasteiger partial charge on any atom is -0.373 e. The van der Waals surface area contributed by atoms with E-state index in [1.165, 1.54) is 0 Å². The van der Waals surface area contributed by atoms with Gasteiger partial charge in [-0.15, -0.1) is 0 Å². The van der Waals surface area contributed by atoms with Crippen LogP contribution >= 0.6 is 23.2 Å². The quantitative estimate of drug-likeness (QED) is 0.873. The Kier molecular flexibility index (Phi) is 3.84. The Morgan fingerprint density at radius 1 is 1.17 bits per heavy atom. The average molecular weight is 281 g/mol. The molecule has 0 aliphatic carbocycles. The molecule has 3 nitrogen and oxygen atoms in total. The van der Waals surface area contributed by atoms with E-state index in [1.54, 1.807) is 43.6 Å². The first-order valence-corrected chi connectivity index (χ1v) is 6.02. The van der Waals surface area contributed by atoms with E-state index >= 15 is 0 Å². The van der Waals surface area contributed by atoms with Gasteiger partial charge in [-0.05, 0) is 24.3 Å². The monoisotopic (exact) mass is 280 g/mol. The number of carbonyl (C=O) groups is 1. The van der Waals surface area contributed by atoms with Crippen LogP contribution < -0.4 is 5.32 Å². The number of hydrogen-bond acceptors (Lipinski definition) is 3. The SMILES string of the molecule is CNc1ncccc1C(=O)c1cccc(Cl)c1Cl. The van der Waals surface area contributed by atoms with Gasteiger partial charge in [0.1, 0.15) is 5.82 Å². The smallest absolute Gasteiger partial charge is 0.198 e. The molecular formula is C13H10Cl2N2O. The van der Waals surface area contributed by atoms with Gasteiger partial charge in [0.25, 0.3) is 0 Å². The molecule has 0 saturated heterocycles. The molecule has 2 rings (SSSR count). The third kappa shape index (κ3) is 2.33. The third-order valence-corrected chi connectivity index (χ3v) is 3.30. The molecule has 1 aromatic carbocycles. The number of ketones is 1. The normalized spacial score (nSPS) is 10.2. The lowest BCUT2D eigenvalue weighted by Crippen LogP contribution is -2.07. The van der Waals surface area contributed by atoms with Crippen molar-refractivity contribution < 1.29 is 4.79 Å². The number of nitrogens with one attached hydrogen (secondary N) is 1. The molecule has 0 unspecified atom stereocenters. The molecule has 0 radical (unpaired) electrons. The third-order valence-electron chi connectivity index (χ3n) is 2.49. The van der Waals surface area contributed by atoms with Crippen LogP contribution in [0.1, 0.15) is 15.9 Å². The summed E-state index contributed by atoms with van der Waals surface area (Å²) in [5.41, 5.74) is 0.831. The molecule has 0 spiro atoms. The second-order valence-corrected chi connectivity index (χ2v) is 4.37. The number of carbonyl (C=O) groups excluding carboxylic acids is 1. The van der Waals surface area contributed by atoms with E-state index in [0.29, 0.717) is 22.0 Å². The Morgan fingerprint density at radius 3 is 2.61 bits per heavy atom. The number of aromatic nitrogens is 1. The maximum absolute atomic E-state index is 12.4. The number of nitrogens with zero attached hydrogens (tertiary/aromatic N) is 1. The van der Waals surface area contributed by atoms with Crippen LogP contribution in [0.25, 0.3) is 0 Å². The number of pyridine rings is 1. The van der Waals surface area contributed by atoms with Crippen molar-refractivity contribution >= 4 is 34.8 Å². The highest BCUT2D eigenvalue weighted by Gasteiger charge is 2.17. The Morgan fingerprint density at radius 2 is 1.89 bits per heavy atom. The molecule has 2 aromatic rings. The topological polar surface area (TPSA) is 42.0 Å². The molecule has 0 aliphatic rings. The van der Waals surface area contributed by atoms with Gasteiger partial charge in [-0.1, -0.05) is 29.3 Å². The van der Waals surface area contributed by atoms with Gasteiger partial charge in [0.2, 0.25) is 0 Å². The average Bonchev–Trinajstić information content (AvgIpc) is 2.41. The van der Waals surface area contributed by atoms with Gasteiger partial charge in [-0.2, -0.15) is 0 Å². The predicted octanol–water partition coefficient (Wildman–Crippen LogP) is 3.66. The molecule has 1 heterocycles. The maximum atomic E-state index is 12.4. The fraction of sp³-hybridized carbons (Fsp3) is 0.0769. The standard InChI is InChI=1S/C13H10Cl2N2O/c1-16-13-9(5-3-7-17-13)12(18)8-4-2-6-10(14)11(8)15/h2-7H,1H3,(H,16,17). The highest BCUT2D eigenvalue weighted by atomic mass is 35.5. The van der Waals surface area contributed by atoms with Crippen molar-refractivity contribution in [2.45, 2.75) is 0 Å². The summed E-state index contributed by atoms with van der Waals surface area (Å²) in [7, 11) is 1.71. The number of benzene rings is 1. The fourth-order valence-electron chi connectivity index (χ4n) is 1.61. The second-order valence-electron chi connectivity index (χ2n) is 3.58. The van der Waals surface area contributed by atoms with Crippen molar-refractivity contribution in [3.63, 3.8) is 0 Å². The number of hydrogen-bond donors (Lipinski definition) is 1. The Hall–Kier alpha value is -1.58. The lowest BCUT2D eigenvalue weighted by Gasteiger charge is -2.08. The highest BCUT2D eigenvalue weighted by molar-refractivity contribution is 6.44. The Bertz CT molecular complexity index is 599. The van der Waals surface area contributed by atoms with Crippen molar-refractivity contribution in [3.8, 4) is 0 Å². The first-order valence-electron chi connectivity index (χ1n) is 5.26. The van der Waals surface area contributed by atoms with Crippen LogP contribution in [0, 0.1) is 0 Å². The molecule has 1 N–H and O–H groups in total. The summed E-state index contributed by atoms with van der Waals surface area (Å²) < 4.78 is 0. The van der Waals surface area contributed by atoms with E-state index in [0.717, 1.165) is 0 Å². The molecule has 0 saturated carbocycles. The molecule has 0 aliphatic heterocycles. The highest BCUT2D eigenvalue weighted by Crippen LogP contribution is 2.28. The molecule has 92 valence electrons. The largest absolute Gasteiger partial charge is 0.373 e. The first kappa shape index (κ1) is 12.9. The maximum Gasteiger partial charge on any atom is 0.198 e. The van der Waals surface area contributed by atoms with Crippen LogP contribution in [0.15, 0.2) is 36.5 Å². The fourth-order valence-corrected chi connectivity index (χ4v) is 2.00. The summed E-state index contributed by atoms with van der Waals surface area (Å²) in [4.78, 5) is 16.5.